The highest BCUT2D eigenvalue weighted by atomic mass is 32.1. The van der Waals surface area contributed by atoms with E-state index in [4.69, 9.17) is 4.74 Å². The zero-order valence-corrected chi connectivity index (χ0v) is 12.0. The summed E-state index contributed by atoms with van der Waals surface area (Å²) >= 11 is 1.16. The fourth-order valence-electron chi connectivity index (χ4n) is 1.99. The molecule has 1 aliphatic heterocycles. The lowest BCUT2D eigenvalue weighted by atomic mass is 10.2. The van der Waals surface area contributed by atoms with E-state index in [-0.39, 0.29) is 18.1 Å². The summed E-state index contributed by atoms with van der Waals surface area (Å²) in [6, 6.07) is 3.34. The minimum atomic E-state index is -0.410. The molecule has 2 heterocycles. The van der Waals surface area contributed by atoms with Gasteiger partial charge in [-0.2, -0.15) is 0 Å². The Hall–Kier alpha value is -1.40. The van der Waals surface area contributed by atoms with Gasteiger partial charge < -0.3 is 14.4 Å². The summed E-state index contributed by atoms with van der Waals surface area (Å²) in [7, 11) is 1.33. The number of amides is 1. The Morgan fingerprint density at radius 3 is 2.74 bits per heavy atom. The highest BCUT2D eigenvalue weighted by molar-refractivity contribution is 7.15. The van der Waals surface area contributed by atoms with Gasteiger partial charge in [-0.25, -0.2) is 4.79 Å². The van der Waals surface area contributed by atoms with Crippen molar-refractivity contribution in [3.63, 3.8) is 0 Å². The van der Waals surface area contributed by atoms with Crippen LogP contribution in [0.1, 0.15) is 33.2 Å². The van der Waals surface area contributed by atoms with Gasteiger partial charge in [-0.1, -0.05) is 0 Å². The van der Waals surface area contributed by atoms with Crippen LogP contribution in [0.3, 0.4) is 0 Å². The quantitative estimate of drug-likeness (QED) is 0.776. The summed E-state index contributed by atoms with van der Waals surface area (Å²) in [6.07, 6.45) is 0.0418. The largest absolute Gasteiger partial charge is 0.465 e. The van der Waals surface area contributed by atoms with Crippen molar-refractivity contribution in [1.29, 1.82) is 0 Å². The van der Waals surface area contributed by atoms with Crippen molar-refractivity contribution < 1.29 is 19.1 Å². The molecule has 0 N–H and O–H groups in total. The molecule has 104 valence electrons. The van der Waals surface area contributed by atoms with E-state index in [0.717, 1.165) is 11.3 Å². The second-order valence-corrected chi connectivity index (χ2v) is 5.69. The molecule has 0 aliphatic carbocycles. The summed E-state index contributed by atoms with van der Waals surface area (Å²) < 4.78 is 10.1. The van der Waals surface area contributed by atoms with Crippen LogP contribution in [0, 0.1) is 0 Å². The van der Waals surface area contributed by atoms with Crippen LogP contribution in [0.25, 0.3) is 0 Å². The standard InChI is InChI=1S/C13H17NO4S/c1-8-7-18-9(2)6-14(8)12(15)10-4-5-11(19-10)13(16)17-3/h4-5,8-9H,6-7H2,1-3H3. The molecule has 0 aromatic carbocycles. The van der Waals surface area contributed by atoms with Gasteiger partial charge in [0.15, 0.2) is 0 Å². The minimum Gasteiger partial charge on any atom is -0.465 e. The van der Waals surface area contributed by atoms with Crippen molar-refractivity contribution in [2.24, 2.45) is 0 Å². The molecular weight excluding hydrogens is 266 g/mol. The molecular formula is C13H17NO4S. The summed E-state index contributed by atoms with van der Waals surface area (Å²) in [4.78, 5) is 26.6. The molecule has 19 heavy (non-hydrogen) atoms. The van der Waals surface area contributed by atoms with Gasteiger partial charge in [-0.3, -0.25) is 4.79 Å². The second kappa shape index (κ2) is 5.71. The normalized spacial score (nSPS) is 23.2. The number of hydrogen-bond donors (Lipinski definition) is 0. The third kappa shape index (κ3) is 2.96. The first-order chi connectivity index (χ1) is 9.02. The van der Waals surface area contributed by atoms with Gasteiger partial charge in [0.05, 0.1) is 30.7 Å². The van der Waals surface area contributed by atoms with E-state index < -0.39 is 5.97 Å². The zero-order chi connectivity index (χ0) is 14.0. The molecule has 0 bridgehead atoms. The maximum absolute atomic E-state index is 12.4. The van der Waals surface area contributed by atoms with Crippen molar-refractivity contribution >= 4 is 23.2 Å². The first kappa shape index (κ1) is 14.0. The first-order valence-electron chi connectivity index (χ1n) is 6.13. The third-order valence-electron chi connectivity index (χ3n) is 3.07. The van der Waals surface area contributed by atoms with Crippen LogP contribution in [0.15, 0.2) is 12.1 Å². The van der Waals surface area contributed by atoms with E-state index >= 15 is 0 Å². The molecule has 2 rings (SSSR count). The van der Waals surface area contributed by atoms with Crippen molar-refractivity contribution in [3.05, 3.63) is 21.9 Å². The number of methoxy groups -OCH3 is 1. The van der Waals surface area contributed by atoms with E-state index in [2.05, 4.69) is 4.74 Å². The lowest BCUT2D eigenvalue weighted by Crippen LogP contribution is -2.50. The number of carbonyl (C=O) groups excluding carboxylic acids is 2. The molecule has 1 saturated heterocycles. The van der Waals surface area contributed by atoms with Crippen LogP contribution >= 0.6 is 11.3 Å². The molecule has 2 unspecified atom stereocenters. The summed E-state index contributed by atoms with van der Waals surface area (Å²) in [6.45, 7) is 5.02. The molecule has 1 aromatic rings. The Bertz CT molecular complexity index is 485. The third-order valence-corrected chi connectivity index (χ3v) is 4.13. The van der Waals surface area contributed by atoms with Gasteiger partial charge in [0, 0.05) is 6.54 Å². The van der Waals surface area contributed by atoms with Crippen LogP contribution in [-0.2, 0) is 9.47 Å². The SMILES string of the molecule is COC(=O)c1ccc(C(=O)N2CC(C)OCC2C)s1. The van der Waals surface area contributed by atoms with Gasteiger partial charge in [0.1, 0.15) is 4.88 Å². The zero-order valence-electron chi connectivity index (χ0n) is 11.2. The smallest absolute Gasteiger partial charge is 0.348 e. The molecule has 1 fully saturated rings. The van der Waals surface area contributed by atoms with Crippen LogP contribution in [0.2, 0.25) is 0 Å². The molecule has 1 aliphatic rings. The van der Waals surface area contributed by atoms with Crippen molar-refractivity contribution in [2.75, 3.05) is 20.3 Å². The molecule has 1 aromatic heterocycles. The van der Waals surface area contributed by atoms with Gasteiger partial charge in [-0.15, -0.1) is 11.3 Å². The Morgan fingerprint density at radius 1 is 1.37 bits per heavy atom. The Balaban J connectivity index is 2.14. The van der Waals surface area contributed by atoms with E-state index in [1.807, 2.05) is 13.8 Å². The number of carbonyl (C=O) groups is 2. The summed E-state index contributed by atoms with van der Waals surface area (Å²) in [5.74, 6) is -0.463. The topological polar surface area (TPSA) is 55.8 Å². The van der Waals surface area contributed by atoms with Crippen LogP contribution in [0.5, 0.6) is 0 Å². The maximum Gasteiger partial charge on any atom is 0.348 e. The average Bonchev–Trinajstić information content (AvgIpc) is 2.89. The fraction of sp³-hybridized carbons (Fsp3) is 0.538. The lowest BCUT2D eigenvalue weighted by molar-refractivity contribution is -0.0385. The van der Waals surface area contributed by atoms with Crippen LogP contribution in [-0.4, -0.2) is 49.2 Å². The van der Waals surface area contributed by atoms with E-state index in [1.165, 1.54) is 7.11 Å². The van der Waals surface area contributed by atoms with Gasteiger partial charge in [0.25, 0.3) is 5.91 Å². The molecule has 0 saturated carbocycles. The Kier molecular flexibility index (Phi) is 4.21. The number of thiophene rings is 1. The number of nitrogens with zero attached hydrogens (tertiary/aromatic N) is 1. The number of esters is 1. The van der Waals surface area contributed by atoms with Gasteiger partial charge in [-0.05, 0) is 26.0 Å². The number of hydrogen-bond acceptors (Lipinski definition) is 5. The predicted octanol–water partition coefficient (Wildman–Crippen LogP) is 1.78. The van der Waals surface area contributed by atoms with Crippen molar-refractivity contribution in [3.8, 4) is 0 Å². The first-order valence-corrected chi connectivity index (χ1v) is 6.95. The fourth-order valence-corrected chi connectivity index (χ4v) is 2.87. The van der Waals surface area contributed by atoms with E-state index in [9.17, 15) is 9.59 Å². The minimum absolute atomic E-state index is 0.0418. The highest BCUT2D eigenvalue weighted by Crippen LogP contribution is 2.22. The molecule has 1 amide bonds. The predicted molar refractivity (Wildman–Crippen MR) is 71.6 cm³/mol. The molecule has 0 radical (unpaired) electrons. The number of rotatable bonds is 2. The average molecular weight is 283 g/mol. The molecule has 0 spiro atoms. The van der Waals surface area contributed by atoms with Crippen LogP contribution < -0.4 is 0 Å². The highest BCUT2D eigenvalue weighted by Gasteiger charge is 2.29. The van der Waals surface area contributed by atoms with Crippen molar-refractivity contribution in [1.82, 2.24) is 4.90 Å². The van der Waals surface area contributed by atoms with E-state index in [1.54, 1.807) is 17.0 Å². The van der Waals surface area contributed by atoms with E-state index in [0.29, 0.717) is 22.9 Å². The molecule has 6 heteroatoms. The molecule has 5 nitrogen and oxygen atoms in total. The molecule has 2 atom stereocenters. The van der Waals surface area contributed by atoms with Crippen molar-refractivity contribution in [2.45, 2.75) is 26.0 Å². The second-order valence-electron chi connectivity index (χ2n) is 4.61. The lowest BCUT2D eigenvalue weighted by Gasteiger charge is -2.36. The summed E-state index contributed by atoms with van der Waals surface area (Å²) in [5, 5.41) is 0. The maximum atomic E-state index is 12.4. The number of morpholine rings is 1. The van der Waals surface area contributed by atoms with Gasteiger partial charge in [0.2, 0.25) is 0 Å². The Labute approximate surface area is 116 Å². The van der Waals surface area contributed by atoms with Crippen LogP contribution in [0.4, 0.5) is 0 Å². The Morgan fingerprint density at radius 2 is 2.05 bits per heavy atom. The monoisotopic (exact) mass is 283 g/mol. The number of ether oxygens (including phenoxy) is 2. The van der Waals surface area contributed by atoms with Gasteiger partial charge >= 0.3 is 5.97 Å². The summed E-state index contributed by atoms with van der Waals surface area (Å²) in [5.41, 5.74) is 0.